The van der Waals surface area contributed by atoms with Gasteiger partial charge in [0.2, 0.25) is 0 Å². The number of fused-ring (bicyclic) bond motifs is 2. The fourth-order valence-electron chi connectivity index (χ4n) is 3.56. The van der Waals surface area contributed by atoms with Crippen molar-refractivity contribution in [3.8, 4) is 5.75 Å². The zero-order valence-electron chi connectivity index (χ0n) is 15.8. The first-order valence-electron chi connectivity index (χ1n) is 9.19. The molecule has 0 fully saturated rings. The van der Waals surface area contributed by atoms with Crippen LogP contribution in [0.3, 0.4) is 0 Å². The third-order valence-electron chi connectivity index (χ3n) is 5.01. The van der Waals surface area contributed by atoms with Gasteiger partial charge in [0.05, 0.1) is 19.8 Å². The van der Waals surface area contributed by atoms with Gasteiger partial charge in [0, 0.05) is 29.2 Å². The average Bonchev–Trinajstić information content (AvgIpc) is 3.31. The van der Waals surface area contributed by atoms with Gasteiger partial charge in [-0.15, -0.1) is 0 Å². The van der Waals surface area contributed by atoms with E-state index < -0.39 is 12.1 Å². The smallest absolute Gasteiger partial charge is 0.311 e. The highest BCUT2D eigenvalue weighted by Crippen LogP contribution is 2.29. The standard InChI is InChI=1S/C22H21NO5/c1-14(22(25)23-10-9-15-5-3-4-6-19(15)23)28-21(24)11-16-13-27-20-12-17(26-2)7-8-18(16)20/h3-8,12-14H,9-11H2,1-2H3/t14-/m0/s1. The third-order valence-corrected chi connectivity index (χ3v) is 5.01. The van der Waals surface area contributed by atoms with Crippen molar-refractivity contribution in [1.29, 1.82) is 0 Å². The van der Waals surface area contributed by atoms with Gasteiger partial charge in [-0.25, -0.2) is 0 Å². The van der Waals surface area contributed by atoms with Crippen LogP contribution in [-0.2, 0) is 27.2 Å². The van der Waals surface area contributed by atoms with Crippen LogP contribution in [0.4, 0.5) is 5.69 Å². The van der Waals surface area contributed by atoms with E-state index in [9.17, 15) is 9.59 Å². The van der Waals surface area contributed by atoms with Crippen LogP contribution < -0.4 is 9.64 Å². The number of ether oxygens (including phenoxy) is 2. The lowest BCUT2D eigenvalue weighted by molar-refractivity contribution is -0.153. The molecule has 28 heavy (non-hydrogen) atoms. The number of anilines is 1. The number of furan rings is 1. The van der Waals surface area contributed by atoms with Crippen LogP contribution >= 0.6 is 0 Å². The lowest BCUT2D eigenvalue weighted by Crippen LogP contribution is -2.39. The lowest BCUT2D eigenvalue weighted by atomic mass is 10.1. The summed E-state index contributed by atoms with van der Waals surface area (Å²) in [5.41, 5.74) is 3.38. The largest absolute Gasteiger partial charge is 0.497 e. The Morgan fingerprint density at radius 1 is 1.21 bits per heavy atom. The molecule has 1 aliphatic heterocycles. The highest BCUT2D eigenvalue weighted by molar-refractivity contribution is 5.99. The van der Waals surface area contributed by atoms with Crippen molar-refractivity contribution in [1.82, 2.24) is 0 Å². The maximum atomic E-state index is 12.7. The van der Waals surface area contributed by atoms with Crippen LogP contribution in [0.1, 0.15) is 18.1 Å². The Hall–Kier alpha value is -3.28. The minimum Gasteiger partial charge on any atom is -0.497 e. The second-order valence-electron chi connectivity index (χ2n) is 6.80. The normalized spacial score (nSPS) is 14.0. The topological polar surface area (TPSA) is 69.0 Å². The molecule has 0 N–H and O–H groups in total. The van der Waals surface area contributed by atoms with Gasteiger partial charge < -0.3 is 18.8 Å². The molecule has 4 rings (SSSR count). The molecule has 2 aromatic carbocycles. The third kappa shape index (κ3) is 3.33. The zero-order valence-corrected chi connectivity index (χ0v) is 15.8. The fraction of sp³-hybridized carbons (Fsp3) is 0.273. The summed E-state index contributed by atoms with van der Waals surface area (Å²) in [7, 11) is 1.58. The molecular weight excluding hydrogens is 358 g/mol. The molecule has 144 valence electrons. The summed E-state index contributed by atoms with van der Waals surface area (Å²) in [6.07, 6.45) is 1.53. The number of esters is 1. The fourth-order valence-corrected chi connectivity index (χ4v) is 3.56. The lowest BCUT2D eigenvalue weighted by Gasteiger charge is -2.21. The SMILES string of the molecule is COc1ccc2c(CC(=O)O[C@@H](C)C(=O)N3CCc4ccccc43)coc2c1. The molecule has 3 aromatic rings. The zero-order chi connectivity index (χ0) is 19.7. The van der Waals surface area contributed by atoms with Gasteiger partial charge in [0.25, 0.3) is 5.91 Å². The predicted molar refractivity (Wildman–Crippen MR) is 105 cm³/mol. The number of carbonyl (C=O) groups excluding carboxylic acids is 2. The minimum atomic E-state index is -0.850. The molecule has 1 aliphatic rings. The van der Waals surface area contributed by atoms with Crippen molar-refractivity contribution < 1.29 is 23.5 Å². The van der Waals surface area contributed by atoms with Gasteiger partial charge in [0.15, 0.2) is 6.10 Å². The second-order valence-corrected chi connectivity index (χ2v) is 6.80. The maximum absolute atomic E-state index is 12.7. The van der Waals surface area contributed by atoms with Gasteiger partial charge in [-0.05, 0) is 37.1 Å². The van der Waals surface area contributed by atoms with E-state index in [4.69, 9.17) is 13.9 Å². The Morgan fingerprint density at radius 3 is 2.86 bits per heavy atom. The van der Waals surface area contributed by atoms with Crippen molar-refractivity contribution in [2.45, 2.75) is 25.9 Å². The van der Waals surface area contributed by atoms with E-state index in [0.717, 1.165) is 23.1 Å². The molecule has 1 amide bonds. The first-order valence-corrected chi connectivity index (χ1v) is 9.19. The van der Waals surface area contributed by atoms with Crippen molar-refractivity contribution in [3.63, 3.8) is 0 Å². The quantitative estimate of drug-likeness (QED) is 0.635. The number of carbonyl (C=O) groups is 2. The maximum Gasteiger partial charge on any atom is 0.311 e. The first kappa shape index (κ1) is 18.1. The highest BCUT2D eigenvalue weighted by Gasteiger charge is 2.29. The molecule has 0 unspecified atom stereocenters. The monoisotopic (exact) mass is 379 g/mol. The van der Waals surface area contributed by atoms with Crippen LogP contribution in [0.15, 0.2) is 53.1 Å². The number of hydrogen-bond acceptors (Lipinski definition) is 5. The van der Waals surface area contributed by atoms with Crippen LogP contribution in [0.25, 0.3) is 11.0 Å². The number of benzene rings is 2. The van der Waals surface area contributed by atoms with Gasteiger partial charge in [-0.3, -0.25) is 9.59 Å². The van der Waals surface area contributed by atoms with Gasteiger partial charge >= 0.3 is 5.97 Å². The summed E-state index contributed by atoms with van der Waals surface area (Å²) in [4.78, 5) is 26.8. The second kappa shape index (κ2) is 7.38. The minimum absolute atomic E-state index is 0.0353. The molecule has 1 aromatic heterocycles. The summed E-state index contributed by atoms with van der Waals surface area (Å²) < 4.78 is 16.1. The molecule has 6 nitrogen and oxygen atoms in total. The Labute approximate surface area is 162 Å². The molecule has 0 spiro atoms. The van der Waals surface area contributed by atoms with E-state index in [2.05, 4.69) is 0 Å². The number of methoxy groups -OCH3 is 1. The molecule has 0 aliphatic carbocycles. The molecule has 6 heteroatoms. The van der Waals surface area contributed by atoms with Crippen molar-refractivity contribution in [2.24, 2.45) is 0 Å². The molecule has 0 radical (unpaired) electrons. The predicted octanol–water partition coefficient (Wildman–Crippen LogP) is 3.50. The highest BCUT2D eigenvalue weighted by atomic mass is 16.5. The number of para-hydroxylation sites is 1. The number of hydrogen-bond donors (Lipinski definition) is 0. The van der Waals surface area contributed by atoms with E-state index in [1.165, 1.54) is 6.26 Å². The molecule has 2 heterocycles. The number of nitrogens with zero attached hydrogens (tertiary/aromatic N) is 1. The summed E-state index contributed by atoms with van der Waals surface area (Å²) in [5.74, 6) is 0.00743. The Bertz CT molecular complexity index is 1040. The Kier molecular flexibility index (Phi) is 4.77. The van der Waals surface area contributed by atoms with Crippen LogP contribution in [0, 0.1) is 0 Å². The van der Waals surface area contributed by atoms with Crippen molar-refractivity contribution in [2.75, 3.05) is 18.6 Å². The summed E-state index contributed by atoms with van der Waals surface area (Å²) in [6.45, 7) is 2.22. The summed E-state index contributed by atoms with van der Waals surface area (Å²) in [5, 5.41) is 0.824. The molecule has 0 saturated heterocycles. The Morgan fingerprint density at radius 2 is 2.04 bits per heavy atom. The van der Waals surface area contributed by atoms with E-state index in [0.29, 0.717) is 23.4 Å². The Balaban J connectivity index is 1.42. The van der Waals surface area contributed by atoms with E-state index in [1.54, 1.807) is 25.0 Å². The summed E-state index contributed by atoms with van der Waals surface area (Å²) in [6, 6.07) is 13.2. The molecule has 0 bridgehead atoms. The van der Waals surface area contributed by atoms with E-state index >= 15 is 0 Å². The average molecular weight is 379 g/mol. The molecule has 1 atom stereocenters. The van der Waals surface area contributed by atoms with Crippen molar-refractivity contribution >= 4 is 28.5 Å². The first-order chi connectivity index (χ1) is 13.6. The molecular formula is C22H21NO5. The summed E-state index contributed by atoms with van der Waals surface area (Å²) >= 11 is 0. The number of rotatable bonds is 5. The number of amides is 1. The van der Waals surface area contributed by atoms with Crippen molar-refractivity contribution in [3.05, 3.63) is 59.9 Å². The van der Waals surface area contributed by atoms with Gasteiger partial charge in [-0.2, -0.15) is 0 Å². The molecule has 0 saturated carbocycles. The van der Waals surface area contributed by atoms with Crippen LogP contribution in [-0.4, -0.2) is 31.6 Å². The van der Waals surface area contributed by atoms with Crippen LogP contribution in [0.2, 0.25) is 0 Å². The van der Waals surface area contributed by atoms with Gasteiger partial charge in [-0.1, -0.05) is 18.2 Å². The van der Waals surface area contributed by atoms with Gasteiger partial charge in [0.1, 0.15) is 11.3 Å². The van der Waals surface area contributed by atoms with E-state index in [-0.39, 0.29) is 12.3 Å². The van der Waals surface area contributed by atoms with E-state index in [1.807, 2.05) is 36.4 Å². The van der Waals surface area contributed by atoms with Crippen LogP contribution in [0.5, 0.6) is 5.75 Å².